The van der Waals surface area contributed by atoms with Gasteiger partial charge in [-0.1, -0.05) is 7.43 Å². The number of sulfonamides is 1. The van der Waals surface area contributed by atoms with Crippen LogP contribution in [0.1, 0.15) is 42.6 Å². The predicted molar refractivity (Wildman–Crippen MR) is 151 cm³/mol. The van der Waals surface area contributed by atoms with E-state index in [1.807, 2.05) is 7.05 Å². The Morgan fingerprint density at radius 3 is 2.44 bits per heavy atom. The molecule has 17 heteroatoms. The lowest BCUT2D eigenvalue weighted by Crippen LogP contribution is -2.52. The lowest BCUT2D eigenvalue weighted by atomic mass is 10.1. The molecule has 1 amide bonds. The van der Waals surface area contributed by atoms with Gasteiger partial charge in [-0.2, -0.15) is 22.5 Å². The molecule has 1 saturated heterocycles. The van der Waals surface area contributed by atoms with Crippen LogP contribution >= 0.6 is 0 Å². The molecule has 0 radical (unpaired) electrons. The van der Waals surface area contributed by atoms with Crippen molar-refractivity contribution in [3.05, 3.63) is 35.3 Å². The van der Waals surface area contributed by atoms with Gasteiger partial charge < -0.3 is 19.7 Å². The molecular weight excluding hydrogens is 598 g/mol. The van der Waals surface area contributed by atoms with Crippen molar-refractivity contribution in [1.82, 2.24) is 29.6 Å². The minimum Gasteiger partial charge on any atom is -0.495 e. The number of ether oxygens (including phenoxy) is 2. The number of benzene rings is 1. The van der Waals surface area contributed by atoms with Gasteiger partial charge in [0, 0.05) is 45.5 Å². The number of amides is 1. The number of methoxy groups -OCH3 is 1. The number of hydrazine groups is 1. The Morgan fingerprint density at radius 2 is 1.84 bits per heavy atom. The highest BCUT2D eigenvalue weighted by Gasteiger charge is 2.40. The van der Waals surface area contributed by atoms with Gasteiger partial charge in [-0.3, -0.25) is 10.2 Å². The molecule has 1 saturated carbocycles. The zero-order valence-corrected chi connectivity index (χ0v) is 24.4. The molecular formula is C26H37F4N7O5S. The van der Waals surface area contributed by atoms with Crippen LogP contribution < -0.4 is 20.2 Å². The number of likely N-dealkylation sites (N-methyl/N-ethyl adjacent to an activating group) is 2. The Hall–Kier alpha value is -3.28. The van der Waals surface area contributed by atoms with Crippen LogP contribution in [0.4, 0.5) is 29.2 Å². The second kappa shape index (κ2) is 13.6. The van der Waals surface area contributed by atoms with Crippen molar-refractivity contribution in [2.75, 3.05) is 59.0 Å². The van der Waals surface area contributed by atoms with E-state index in [1.54, 1.807) is 5.01 Å². The molecule has 240 valence electrons. The third-order valence-corrected chi connectivity index (χ3v) is 8.59. The number of alkyl halides is 3. The normalized spacial score (nSPS) is 20.0. The first-order chi connectivity index (χ1) is 19.7. The van der Waals surface area contributed by atoms with Gasteiger partial charge in [-0.05, 0) is 32.4 Å². The standard InChI is InChI=1S/C25H33F4N7O5S.CH4/c1-34-8-10-36(11-9-34)33-22(37)15-12-21(40-3)18(13-17(15)26)31-24-30-14-16(25(27,28)29)23(32-24)41-20-7-5-6-19(20)35(2)42(4,38)39;/h12-14,19-20H,5-11H2,1-4H3,(H,33,37)(H,30,31,32);1H4/t19-,20-;/m1./s1. The Bertz CT molecular complexity index is 1400. The SMILES string of the molecule is C.COc1cc(C(=O)NN2CCN(C)CC2)c(F)cc1Nc1ncc(C(F)(F)F)c(O[C@@H]2CCC[C@H]2N(C)S(C)(=O)=O)n1. The average molecular weight is 636 g/mol. The molecule has 43 heavy (non-hydrogen) atoms. The predicted octanol–water partition coefficient (Wildman–Crippen LogP) is 3.11. The number of carbonyl (C=O) groups excluding carboxylic acids is 1. The summed E-state index contributed by atoms with van der Waals surface area (Å²) in [6.45, 7) is 2.57. The highest BCUT2D eigenvalue weighted by molar-refractivity contribution is 7.88. The first kappa shape index (κ1) is 34.2. The van der Waals surface area contributed by atoms with Crippen LogP contribution in [-0.4, -0.2) is 104 Å². The summed E-state index contributed by atoms with van der Waals surface area (Å²) in [7, 11) is 0.946. The topological polar surface area (TPSA) is 129 Å². The first-order valence-corrected chi connectivity index (χ1v) is 14.9. The van der Waals surface area contributed by atoms with Gasteiger partial charge in [0.25, 0.3) is 5.91 Å². The Kier molecular flexibility index (Phi) is 10.8. The minimum absolute atomic E-state index is 0. The smallest absolute Gasteiger partial charge is 0.423 e. The average Bonchev–Trinajstić information content (AvgIpc) is 3.36. The quantitative estimate of drug-likeness (QED) is 0.397. The van der Waals surface area contributed by atoms with E-state index in [0.717, 1.165) is 35.8 Å². The largest absolute Gasteiger partial charge is 0.495 e. The molecule has 2 N–H and O–H groups in total. The summed E-state index contributed by atoms with van der Waals surface area (Å²) in [6.07, 6.45) is -2.98. The maximum absolute atomic E-state index is 15.1. The lowest BCUT2D eigenvalue weighted by Gasteiger charge is -2.32. The van der Waals surface area contributed by atoms with E-state index in [2.05, 4.69) is 25.6 Å². The number of nitrogens with one attached hydrogen (secondary N) is 2. The second-order valence-corrected chi connectivity index (χ2v) is 12.3. The van der Waals surface area contributed by atoms with Crippen molar-refractivity contribution in [3.63, 3.8) is 0 Å². The van der Waals surface area contributed by atoms with Gasteiger partial charge in [0.2, 0.25) is 21.9 Å². The molecule has 4 rings (SSSR count). The summed E-state index contributed by atoms with van der Waals surface area (Å²) < 4.78 is 92.6. The summed E-state index contributed by atoms with van der Waals surface area (Å²) in [5, 5.41) is 4.31. The number of hydrogen-bond acceptors (Lipinski definition) is 10. The van der Waals surface area contributed by atoms with Crippen LogP contribution in [0.15, 0.2) is 18.3 Å². The van der Waals surface area contributed by atoms with E-state index in [0.29, 0.717) is 38.5 Å². The van der Waals surface area contributed by atoms with Gasteiger partial charge in [-0.25, -0.2) is 22.8 Å². The van der Waals surface area contributed by atoms with Crippen LogP contribution in [0.3, 0.4) is 0 Å². The van der Waals surface area contributed by atoms with Crippen LogP contribution in [0, 0.1) is 5.82 Å². The van der Waals surface area contributed by atoms with E-state index in [4.69, 9.17) is 9.47 Å². The molecule has 0 unspecified atom stereocenters. The van der Waals surface area contributed by atoms with Crippen molar-refractivity contribution < 1.29 is 40.2 Å². The highest BCUT2D eigenvalue weighted by Crippen LogP contribution is 2.38. The molecule has 2 aliphatic rings. The third kappa shape index (κ3) is 8.21. The molecule has 2 aromatic rings. The van der Waals surface area contributed by atoms with Crippen molar-refractivity contribution >= 4 is 27.6 Å². The number of hydrogen-bond donors (Lipinski definition) is 2. The fraction of sp³-hybridized carbons (Fsp3) is 0.577. The van der Waals surface area contributed by atoms with E-state index in [-0.39, 0.29) is 30.4 Å². The van der Waals surface area contributed by atoms with E-state index >= 15 is 4.39 Å². The van der Waals surface area contributed by atoms with Gasteiger partial charge in [0.05, 0.1) is 30.7 Å². The Balaban J connectivity index is 0.00000506. The number of aromatic nitrogens is 2. The van der Waals surface area contributed by atoms with E-state index in [1.165, 1.54) is 14.2 Å². The van der Waals surface area contributed by atoms with E-state index in [9.17, 15) is 26.4 Å². The molecule has 1 aliphatic heterocycles. The number of anilines is 2. The van der Waals surface area contributed by atoms with Crippen LogP contribution in [-0.2, 0) is 16.2 Å². The second-order valence-electron chi connectivity index (χ2n) is 10.2. The zero-order chi connectivity index (χ0) is 30.8. The van der Waals surface area contributed by atoms with Crippen LogP contribution in [0.2, 0.25) is 0 Å². The van der Waals surface area contributed by atoms with Crippen molar-refractivity contribution in [2.24, 2.45) is 0 Å². The molecule has 0 bridgehead atoms. The monoisotopic (exact) mass is 635 g/mol. The molecule has 1 aliphatic carbocycles. The maximum atomic E-state index is 15.1. The number of carbonyl (C=O) groups is 1. The fourth-order valence-corrected chi connectivity index (χ4v) is 5.53. The number of nitrogens with zero attached hydrogens (tertiary/aromatic N) is 5. The third-order valence-electron chi connectivity index (χ3n) is 7.27. The van der Waals surface area contributed by atoms with Crippen LogP contribution in [0.5, 0.6) is 11.6 Å². The molecule has 0 spiro atoms. The van der Waals surface area contributed by atoms with Gasteiger partial charge >= 0.3 is 6.18 Å². The van der Waals surface area contributed by atoms with Gasteiger partial charge in [-0.15, -0.1) is 0 Å². The number of rotatable bonds is 9. The molecule has 12 nitrogen and oxygen atoms in total. The summed E-state index contributed by atoms with van der Waals surface area (Å²) >= 11 is 0. The maximum Gasteiger partial charge on any atom is 0.423 e. The summed E-state index contributed by atoms with van der Waals surface area (Å²) in [6, 6.07) is 1.42. The summed E-state index contributed by atoms with van der Waals surface area (Å²) in [5.41, 5.74) is 1.06. The first-order valence-electron chi connectivity index (χ1n) is 13.1. The molecule has 2 heterocycles. The minimum atomic E-state index is -4.87. The molecule has 1 aromatic carbocycles. The van der Waals surface area contributed by atoms with E-state index < -0.39 is 51.5 Å². The fourth-order valence-electron chi connectivity index (χ4n) is 4.80. The summed E-state index contributed by atoms with van der Waals surface area (Å²) in [4.78, 5) is 22.5. The van der Waals surface area contributed by atoms with Crippen molar-refractivity contribution in [2.45, 2.75) is 45.0 Å². The van der Waals surface area contributed by atoms with Crippen LogP contribution in [0.25, 0.3) is 0 Å². The lowest BCUT2D eigenvalue weighted by molar-refractivity contribution is -0.140. The molecule has 1 aromatic heterocycles. The Labute approximate surface area is 248 Å². The van der Waals surface area contributed by atoms with Gasteiger partial charge in [0.15, 0.2) is 0 Å². The molecule has 2 atom stereocenters. The molecule has 2 fully saturated rings. The zero-order valence-electron chi connectivity index (χ0n) is 23.5. The Morgan fingerprint density at radius 1 is 1.16 bits per heavy atom. The summed E-state index contributed by atoms with van der Waals surface area (Å²) in [5.74, 6) is -2.76. The van der Waals surface area contributed by atoms with Crippen molar-refractivity contribution in [3.8, 4) is 11.6 Å². The highest BCUT2D eigenvalue weighted by atomic mass is 32.2. The number of piperazine rings is 1. The number of halogens is 4. The van der Waals surface area contributed by atoms with Gasteiger partial charge in [0.1, 0.15) is 23.2 Å². The van der Waals surface area contributed by atoms with Crippen molar-refractivity contribution in [1.29, 1.82) is 0 Å².